The van der Waals surface area contributed by atoms with Crippen molar-refractivity contribution in [2.45, 2.75) is 38.4 Å². The minimum atomic E-state index is -4.45. The monoisotopic (exact) mass is 368 g/mol. The second-order valence-corrected chi connectivity index (χ2v) is 6.73. The maximum absolute atomic E-state index is 12.7. The Morgan fingerprint density at radius 1 is 1.12 bits per heavy atom. The topological polar surface area (TPSA) is 66.5 Å². The molecule has 2 atom stereocenters. The number of carbonyl (C=O) groups excluding carboxylic acids is 3. The van der Waals surface area contributed by atoms with Crippen molar-refractivity contribution in [1.82, 2.24) is 10.2 Å². The number of halogens is 3. The van der Waals surface area contributed by atoms with Crippen LogP contribution < -0.4 is 5.32 Å². The third kappa shape index (κ3) is 3.73. The summed E-state index contributed by atoms with van der Waals surface area (Å²) in [6, 6.07) is 4.65. The fourth-order valence-electron chi connectivity index (χ4n) is 3.64. The Morgan fingerprint density at radius 3 is 2.31 bits per heavy atom. The highest BCUT2D eigenvalue weighted by Crippen LogP contribution is 2.37. The van der Waals surface area contributed by atoms with Gasteiger partial charge in [-0.2, -0.15) is 13.2 Å². The molecule has 5 nitrogen and oxygen atoms in total. The molecule has 8 heteroatoms. The van der Waals surface area contributed by atoms with Crippen LogP contribution in [-0.4, -0.2) is 29.2 Å². The molecule has 1 heterocycles. The van der Waals surface area contributed by atoms with Gasteiger partial charge >= 0.3 is 6.18 Å². The van der Waals surface area contributed by atoms with Crippen molar-refractivity contribution in [1.29, 1.82) is 0 Å². The Morgan fingerprint density at radius 2 is 1.73 bits per heavy atom. The average Bonchev–Trinajstić information content (AvgIpc) is 2.85. The number of alkyl halides is 3. The predicted octanol–water partition coefficient (Wildman–Crippen LogP) is 2.50. The highest BCUT2D eigenvalue weighted by Gasteiger charge is 2.48. The highest BCUT2D eigenvalue weighted by atomic mass is 19.4. The van der Waals surface area contributed by atoms with Gasteiger partial charge in [-0.15, -0.1) is 0 Å². The van der Waals surface area contributed by atoms with Gasteiger partial charge in [-0.05, 0) is 30.5 Å². The molecule has 0 aromatic heterocycles. The average molecular weight is 368 g/mol. The molecule has 0 spiro atoms. The van der Waals surface area contributed by atoms with Crippen LogP contribution in [0.3, 0.4) is 0 Å². The Bertz CT molecular complexity index is 709. The Balaban J connectivity index is 1.58. The van der Waals surface area contributed by atoms with Crippen LogP contribution in [0.25, 0.3) is 0 Å². The van der Waals surface area contributed by atoms with Crippen molar-refractivity contribution in [3.63, 3.8) is 0 Å². The van der Waals surface area contributed by atoms with Crippen molar-refractivity contribution in [2.75, 3.05) is 6.54 Å². The number of nitrogens with zero attached hydrogens (tertiary/aromatic N) is 1. The maximum Gasteiger partial charge on any atom is 0.416 e. The SMILES string of the molecule is O=C(CN1C(=O)[C@H]2CCCC[C@@H]2C1=O)NCc1cccc(C(F)(F)F)c1. The third-order valence-corrected chi connectivity index (χ3v) is 4.98. The fraction of sp³-hybridized carbons (Fsp3) is 0.500. The van der Waals surface area contributed by atoms with Crippen molar-refractivity contribution in [3.05, 3.63) is 35.4 Å². The summed E-state index contributed by atoms with van der Waals surface area (Å²) in [6.07, 6.45) is -1.33. The van der Waals surface area contributed by atoms with Gasteiger partial charge in [0.2, 0.25) is 17.7 Å². The molecule has 1 saturated carbocycles. The molecule has 26 heavy (non-hydrogen) atoms. The number of likely N-dealkylation sites (tertiary alicyclic amines) is 1. The van der Waals surface area contributed by atoms with Crippen LogP contribution in [0.1, 0.15) is 36.8 Å². The molecule has 0 radical (unpaired) electrons. The number of benzene rings is 1. The molecule has 1 aromatic rings. The van der Waals surface area contributed by atoms with E-state index < -0.39 is 17.6 Å². The number of hydrogen-bond acceptors (Lipinski definition) is 3. The molecule has 0 unspecified atom stereocenters. The van der Waals surface area contributed by atoms with Crippen LogP contribution in [0.2, 0.25) is 0 Å². The largest absolute Gasteiger partial charge is 0.416 e. The fourth-order valence-corrected chi connectivity index (χ4v) is 3.64. The molecular weight excluding hydrogens is 349 g/mol. The second kappa shape index (κ2) is 7.09. The molecule has 1 N–H and O–H groups in total. The summed E-state index contributed by atoms with van der Waals surface area (Å²) in [5.74, 6) is -1.84. The molecule has 3 rings (SSSR count). The minimum absolute atomic E-state index is 0.105. The summed E-state index contributed by atoms with van der Waals surface area (Å²) in [7, 11) is 0. The van der Waals surface area contributed by atoms with Crippen LogP contribution in [0.15, 0.2) is 24.3 Å². The number of fused-ring (bicyclic) bond motifs is 1. The van der Waals surface area contributed by atoms with E-state index in [0.29, 0.717) is 18.4 Å². The molecular formula is C18H19F3N2O3. The Hall–Kier alpha value is -2.38. The van der Waals surface area contributed by atoms with Gasteiger partial charge in [0, 0.05) is 6.54 Å². The normalized spacial score (nSPS) is 23.1. The van der Waals surface area contributed by atoms with E-state index in [2.05, 4.69) is 5.32 Å². The zero-order valence-corrected chi connectivity index (χ0v) is 14.0. The van der Waals surface area contributed by atoms with Crippen molar-refractivity contribution in [2.24, 2.45) is 11.8 Å². The van der Waals surface area contributed by atoms with Gasteiger partial charge in [-0.25, -0.2) is 0 Å². The Kier molecular flexibility index (Phi) is 5.02. The Labute approximate surface area is 148 Å². The predicted molar refractivity (Wildman–Crippen MR) is 85.5 cm³/mol. The number of carbonyl (C=O) groups is 3. The standard InChI is InChI=1S/C18H19F3N2O3/c19-18(20,21)12-5-3-4-11(8-12)9-22-15(24)10-23-16(25)13-6-1-2-7-14(13)17(23)26/h3-5,8,13-14H,1-2,6-7,9-10H2,(H,22,24)/t13-,14-/m0/s1. The number of nitrogens with one attached hydrogen (secondary N) is 1. The van der Waals surface area contributed by atoms with Gasteiger partial charge in [0.05, 0.1) is 17.4 Å². The maximum atomic E-state index is 12.7. The second-order valence-electron chi connectivity index (χ2n) is 6.73. The lowest BCUT2D eigenvalue weighted by molar-refractivity contribution is -0.143. The molecule has 1 aliphatic heterocycles. The van der Waals surface area contributed by atoms with Gasteiger partial charge < -0.3 is 5.32 Å². The number of rotatable bonds is 4. The van der Waals surface area contributed by atoms with Gasteiger partial charge in [-0.3, -0.25) is 19.3 Å². The minimum Gasteiger partial charge on any atom is -0.350 e. The van der Waals surface area contributed by atoms with E-state index in [1.165, 1.54) is 12.1 Å². The zero-order valence-electron chi connectivity index (χ0n) is 14.0. The van der Waals surface area contributed by atoms with E-state index in [1.807, 2.05) is 0 Å². The summed E-state index contributed by atoms with van der Waals surface area (Å²) >= 11 is 0. The number of imide groups is 1. The van der Waals surface area contributed by atoms with E-state index in [-0.39, 0.29) is 36.7 Å². The first-order valence-corrected chi connectivity index (χ1v) is 8.55. The summed E-state index contributed by atoms with van der Waals surface area (Å²) in [5, 5.41) is 2.47. The lowest BCUT2D eigenvalue weighted by Gasteiger charge is -2.19. The molecule has 1 aromatic carbocycles. The van der Waals surface area contributed by atoms with Crippen LogP contribution >= 0.6 is 0 Å². The van der Waals surface area contributed by atoms with Gasteiger partial charge in [0.25, 0.3) is 0 Å². The molecule has 2 aliphatic rings. The van der Waals surface area contributed by atoms with Crippen molar-refractivity contribution >= 4 is 17.7 Å². The molecule has 0 bridgehead atoms. The first-order valence-electron chi connectivity index (χ1n) is 8.55. The van der Waals surface area contributed by atoms with Crippen LogP contribution in [-0.2, 0) is 27.1 Å². The molecule has 140 valence electrons. The first-order chi connectivity index (χ1) is 12.3. The van der Waals surface area contributed by atoms with E-state index in [9.17, 15) is 27.6 Å². The van der Waals surface area contributed by atoms with E-state index in [0.717, 1.165) is 29.9 Å². The van der Waals surface area contributed by atoms with Crippen LogP contribution in [0.5, 0.6) is 0 Å². The van der Waals surface area contributed by atoms with Crippen molar-refractivity contribution < 1.29 is 27.6 Å². The molecule has 1 aliphatic carbocycles. The van der Waals surface area contributed by atoms with Crippen molar-refractivity contribution in [3.8, 4) is 0 Å². The van der Waals surface area contributed by atoms with E-state index >= 15 is 0 Å². The summed E-state index contributed by atoms with van der Waals surface area (Å²) in [5.41, 5.74) is -0.501. The van der Waals surface area contributed by atoms with E-state index in [1.54, 1.807) is 0 Å². The quantitative estimate of drug-likeness (QED) is 0.831. The highest BCUT2D eigenvalue weighted by molar-refractivity contribution is 6.07. The van der Waals surface area contributed by atoms with Gasteiger partial charge in [0.15, 0.2) is 0 Å². The van der Waals surface area contributed by atoms with Crippen LogP contribution in [0.4, 0.5) is 13.2 Å². The molecule has 2 fully saturated rings. The summed E-state index contributed by atoms with van der Waals surface area (Å²) in [6.45, 7) is -0.491. The van der Waals surface area contributed by atoms with E-state index in [4.69, 9.17) is 0 Å². The smallest absolute Gasteiger partial charge is 0.350 e. The molecule has 3 amide bonds. The van der Waals surface area contributed by atoms with Gasteiger partial charge in [-0.1, -0.05) is 25.0 Å². The summed E-state index contributed by atoms with van der Waals surface area (Å²) < 4.78 is 38.1. The van der Waals surface area contributed by atoms with Gasteiger partial charge in [0.1, 0.15) is 6.54 Å². The van der Waals surface area contributed by atoms with Crippen LogP contribution in [0, 0.1) is 11.8 Å². The molecule has 1 saturated heterocycles. The lowest BCUT2D eigenvalue weighted by Crippen LogP contribution is -2.40. The third-order valence-electron chi connectivity index (χ3n) is 4.98. The number of hydrogen-bond donors (Lipinski definition) is 1. The number of amides is 3. The first kappa shape index (κ1) is 18.4. The summed E-state index contributed by atoms with van der Waals surface area (Å²) in [4.78, 5) is 37.7. The zero-order chi connectivity index (χ0) is 18.9. The lowest BCUT2D eigenvalue weighted by atomic mass is 9.81.